The third-order valence-electron chi connectivity index (χ3n) is 3.58. The predicted octanol–water partition coefficient (Wildman–Crippen LogP) is 1.98. The van der Waals surface area contributed by atoms with E-state index in [-0.39, 0.29) is 17.4 Å². The summed E-state index contributed by atoms with van der Waals surface area (Å²) in [6.45, 7) is 6.34. The molecule has 0 saturated heterocycles. The highest BCUT2D eigenvalue weighted by Gasteiger charge is 2.41. The van der Waals surface area contributed by atoms with Gasteiger partial charge in [0.1, 0.15) is 6.04 Å². The fraction of sp³-hybridized carbons (Fsp3) is 0.846. The van der Waals surface area contributed by atoms with Gasteiger partial charge in [0, 0.05) is 6.54 Å². The molecule has 0 aromatic rings. The fourth-order valence-corrected chi connectivity index (χ4v) is 2.20. The maximum Gasteiger partial charge on any atom is 0.326 e. The number of carboxylic acid groups (broad SMARTS) is 1. The van der Waals surface area contributed by atoms with Gasteiger partial charge in [-0.15, -0.1) is 0 Å². The first-order chi connectivity index (χ1) is 8.40. The molecule has 0 heterocycles. The number of carboxylic acids is 1. The van der Waals surface area contributed by atoms with Crippen molar-refractivity contribution in [1.29, 1.82) is 0 Å². The fourth-order valence-electron chi connectivity index (χ4n) is 2.20. The zero-order valence-corrected chi connectivity index (χ0v) is 11.5. The maximum atomic E-state index is 11.7. The van der Waals surface area contributed by atoms with Crippen LogP contribution < -0.4 is 10.6 Å². The minimum absolute atomic E-state index is 0.126. The lowest BCUT2D eigenvalue weighted by atomic mass is 10.0. The van der Waals surface area contributed by atoms with Crippen molar-refractivity contribution in [2.45, 2.75) is 52.5 Å². The van der Waals surface area contributed by atoms with Crippen LogP contribution in [0.2, 0.25) is 0 Å². The molecular weight excluding hydrogens is 232 g/mol. The Balaban J connectivity index is 2.35. The third kappa shape index (κ3) is 4.20. The quantitative estimate of drug-likeness (QED) is 0.651. The molecule has 1 atom stereocenters. The number of rotatable bonds is 7. The van der Waals surface area contributed by atoms with Crippen LogP contribution in [0.1, 0.15) is 46.5 Å². The first kappa shape index (κ1) is 14.8. The van der Waals surface area contributed by atoms with Crippen molar-refractivity contribution in [3.05, 3.63) is 0 Å². The average Bonchev–Trinajstić information content (AvgIpc) is 3.03. The van der Waals surface area contributed by atoms with Gasteiger partial charge in [-0.1, -0.05) is 27.2 Å². The van der Waals surface area contributed by atoms with Crippen LogP contribution in [0.5, 0.6) is 0 Å². The molecule has 104 valence electrons. The van der Waals surface area contributed by atoms with Crippen LogP contribution in [-0.2, 0) is 4.79 Å². The summed E-state index contributed by atoms with van der Waals surface area (Å²) < 4.78 is 0. The van der Waals surface area contributed by atoms with Crippen molar-refractivity contribution in [3.8, 4) is 0 Å². The molecule has 1 unspecified atom stereocenters. The number of amides is 2. The summed E-state index contributed by atoms with van der Waals surface area (Å²) in [5, 5.41) is 14.3. The monoisotopic (exact) mass is 256 g/mol. The van der Waals surface area contributed by atoms with Crippen molar-refractivity contribution < 1.29 is 14.7 Å². The number of aliphatic carboxylic acids is 1. The molecule has 1 aliphatic carbocycles. The summed E-state index contributed by atoms with van der Waals surface area (Å²) in [7, 11) is 0. The third-order valence-corrected chi connectivity index (χ3v) is 3.58. The Morgan fingerprint density at radius 3 is 2.33 bits per heavy atom. The maximum absolute atomic E-state index is 11.7. The number of hydrogen-bond acceptors (Lipinski definition) is 2. The second kappa shape index (κ2) is 6.07. The highest BCUT2D eigenvalue weighted by atomic mass is 16.4. The molecule has 0 radical (unpaired) electrons. The summed E-state index contributed by atoms with van der Waals surface area (Å²) in [6.07, 6.45) is 4.56. The van der Waals surface area contributed by atoms with Gasteiger partial charge >= 0.3 is 12.0 Å². The molecule has 0 aliphatic heterocycles. The molecule has 1 fully saturated rings. The minimum Gasteiger partial charge on any atom is -0.480 e. The summed E-state index contributed by atoms with van der Waals surface area (Å²) in [6, 6.07) is -1.20. The van der Waals surface area contributed by atoms with E-state index >= 15 is 0 Å². The van der Waals surface area contributed by atoms with E-state index in [0.717, 1.165) is 25.7 Å². The van der Waals surface area contributed by atoms with E-state index in [4.69, 9.17) is 5.11 Å². The second-order valence-corrected chi connectivity index (χ2v) is 5.64. The number of urea groups is 1. The second-order valence-electron chi connectivity index (χ2n) is 5.64. The van der Waals surface area contributed by atoms with Gasteiger partial charge in [-0.3, -0.25) is 0 Å². The molecule has 1 saturated carbocycles. The molecular formula is C13H24N2O3. The molecule has 1 rings (SSSR count). The van der Waals surface area contributed by atoms with Crippen LogP contribution in [0.15, 0.2) is 0 Å². The smallest absolute Gasteiger partial charge is 0.326 e. The molecule has 18 heavy (non-hydrogen) atoms. The van der Waals surface area contributed by atoms with Gasteiger partial charge in [0.15, 0.2) is 0 Å². The first-order valence-corrected chi connectivity index (χ1v) is 6.67. The Kier molecular flexibility index (Phi) is 4.99. The summed E-state index contributed by atoms with van der Waals surface area (Å²) in [5.74, 6) is -1.12. The van der Waals surface area contributed by atoms with E-state index in [2.05, 4.69) is 17.6 Å². The molecule has 1 aliphatic rings. The lowest BCUT2D eigenvalue weighted by molar-refractivity contribution is -0.140. The van der Waals surface area contributed by atoms with Gasteiger partial charge in [-0.25, -0.2) is 9.59 Å². The van der Waals surface area contributed by atoms with Crippen LogP contribution in [0.4, 0.5) is 4.79 Å². The van der Waals surface area contributed by atoms with E-state index in [1.807, 2.05) is 0 Å². The summed E-state index contributed by atoms with van der Waals surface area (Å²) in [5.41, 5.74) is 0.280. The van der Waals surface area contributed by atoms with Crippen LogP contribution in [0.3, 0.4) is 0 Å². The molecule has 5 nitrogen and oxygen atoms in total. The van der Waals surface area contributed by atoms with Gasteiger partial charge in [0.25, 0.3) is 0 Å². The van der Waals surface area contributed by atoms with E-state index in [0.29, 0.717) is 6.54 Å². The van der Waals surface area contributed by atoms with Gasteiger partial charge < -0.3 is 15.7 Å². The Morgan fingerprint density at radius 1 is 1.33 bits per heavy atom. The molecule has 5 heteroatoms. The van der Waals surface area contributed by atoms with Gasteiger partial charge in [0.2, 0.25) is 0 Å². The standard InChI is InChI=1S/C13H24N2O3/c1-4-5-13(6-7-13)8-14-12(18)15-10(9(2)3)11(16)17/h9-10H,4-8H2,1-3H3,(H,16,17)(H2,14,15,18). The van der Waals surface area contributed by atoms with Crippen LogP contribution in [0.25, 0.3) is 0 Å². The largest absolute Gasteiger partial charge is 0.480 e. The Bertz CT molecular complexity index is 311. The lowest BCUT2D eigenvalue weighted by Crippen LogP contribution is -2.49. The van der Waals surface area contributed by atoms with Crippen LogP contribution >= 0.6 is 0 Å². The SMILES string of the molecule is CCCC1(CNC(=O)NC(C(=O)O)C(C)C)CC1. The van der Waals surface area contributed by atoms with Crippen molar-refractivity contribution in [1.82, 2.24) is 10.6 Å². The molecule has 0 aromatic heterocycles. The van der Waals surface area contributed by atoms with Crippen molar-refractivity contribution in [3.63, 3.8) is 0 Å². The van der Waals surface area contributed by atoms with Crippen molar-refractivity contribution >= 4 is 12.0 Å². The summed E-state index contributed by atoms with van der Waals surface area (Å²) in [4.78, 5) is 22.6. The van der Waals surface area contributed by atoms with Crippen molar-refractivity contribution in [2.24, 2.45) is 11.3 Å². The first-order valence-electron chi connectivity index (χ1n) is 6.67. The van der Waals surface area contributed by atoms with Gasteiger partial charge in [0.05, 0.1) is 0 Å². The topological polar surface area (TPSA) is 78.4 Å². The van der Waals surface area contributed by atoms with Gasteiger partial charge in [-0.2, -0.15) is 0 Å². The highest BCUT2D eigenvalue weighted by molar-refractivity contribution is 5.82. The van der Waals surface area contributed by atoms with E-state index in [1.54, 1.807) is 13.8 Å². The molecule has 2 amide bonds. The zero-order chi connectivity index (χ0) is 13.8. The Labute approximate surface area is 108 Å². The Morgan fingerprint density at radius 2 is 1.94 bits per heavy atom. The van der Waals surface area contributed by atoms with E-state index in [9.17, 15) is 9.59 Å². The van der Waals surface area contributed by atoms with Gasteiger partial charge in [-0.05, 0) is 30.6 Å². The average molecular weight is 256 g/mol. The predicted molar refractivity (Wildman–Crippen MR) is 69.4 cm³/mol. The van der Waals surface area contributed by atoms with Crippen LogP contribution in [0, 0.1) is 11.3 Å². The van der Waals surface area contributed by atoms with Crippen molar-refractivity contribution in [2.75, 3.05) is 6.54 Å². The number of hydrogen-bond donors (Lipinski definition) is 3. The molecule has 0 spiro atoms. The molecule has 0 aromatic carbocycles. The lowest BCUT2D eigenvalue weighted by Gasteiger charge is -2.20. The number of carbonyl (C=O) groups excluding carboxylic acids is 1. The Hall–Kier alpha value is -1.26. The minimum atomic E-state index is -0.991. The van der Waals surface area contributed by atoms with E-state index < -0.39 is 12.0 Å². The highest BCUT2D eigenvalue weighted by Crippen LogP contribution is 2.48. The van der Waals surface area contributed by atoms with E-state index in [1.165, 1.54) is 0 Å². The molecule has 3 N–H and O–H groups in total. The zero-order valence-electron chi connectivity index (χ0n) is 11.5. The summed E-state index contributed by atoms with van der Waals surface area (Å²) >= 11 is 0. The van der Waals surface area contributed by atoms with Crippen LogP contribution in [-0.4, -0.2) is 29.7 Å². The molecule has 0 bridgehead atoms. The number of carbonyl (C=O) groups is 2. The normalized spacial score (nSPS) is 18.2. The number of nitrogens with one attached hydrogen (secondary N) is 2.